The maximum atomic E-state index is 13.3. The predicted molar refractivity (Wildman–Crippen MR) is 78.8 cm³/mol. The molecule has 1 atom stereocenters. The molecule has 1 aliphatic heterocycles. The highest BCUT2D eigenvalue weighted by atomic mass is 19.1. The number of nitrogens with one attached hydrogen (secondary N) is 1. The van der Waals surface area contributed by atoms with Gasteiger partial charge < -0.3 is 10.1 Å². The summed E-state index contributed by atoms with van der Waals surface area (Å²) in [6.07, 6.45) is 0.967. The Morgan fingerprint density at radius 1 is 1.20 bits per heavy atom. The van der Waals surface area contributed by atoms with Gasteiger partial charge in [-0.05, 0) is 54.8 Å². The second-order valence-electron chi connectivity index (χ2n) is 5.29. The summed E-state index contributed by atoms with van der Waals surface area (Å²) in [5.41, 5.74) is 4.34. The Hall–Kier alpha value is -2.03. The number of halogens is 1. The monoisotopic (exact) mass is 271 g/mol. The Bertz CT molecular complexity index is 639. The highest BCUT2D eigenvalue weighted by Gasteiger charge is 2.15. The summed E-state index contributed by atoms with van der Waals surface area (Å²) in [5, 5.41) is 3.38. The standard InChI is InChI=1S/C17H18FNO/c1-11-3-5-15(18)10-16(11)19-12(2)13-4-6-17-14(9-13)7-8-20-17/h3-6,9-10,12,19H,7-8H2,1-2H3. The van der Waals surface area contributed by atoms with Gasteiger partial charge in [-0.25, -0.2) is 4.39 Å². The maximum absolute atomic E-state index is 13.3. The fourth-order valence-electron chi connectivity index (χ4n) is 2.54. The average Bonchev–Trinajstić information content (AvgIpc) is 2.90. The zero-order valence-corrected chi connectivity index (χ0v) is 11.7. The van der Waals surface area contributed by atoms with Crippen LogP contribution in [0.15, 0.2) is 36.4 Å². The summed E-state index contributed by atoms with van der Waals surface area (Å²) < 4.78 is 18.8. The van der Waals surface area contributed by atoms with Crippen molar-refractivity contribution in [3.63, 3.8) is 0 Å². The number of hydrogen-bond acceptors (Lipinski definition) is 2. The van der Waals surface area contributed by atoms with E-state index in [1.165, 1.54) is 17.2 Å². The molecule has 2 aromatic carbocycles. The minimum atomic E-state index is -0.215. The van der Waals surface area contributed by atoms with E-state index in [-0.39, 0.29) is 11.9 Å². The first-order valence-corrected chi connectivity index (χ1v) is 6.92. The molecule has 1 unspecified atom stereocenters. The van der Waals surface area contributed by atoms with Crippen molar-refractivity contribution in [1.82, 2.24) is 0 Å². The molecule has 3 heteroatoms. The molecule has 0 saturated heterocycles. The summed E-state index contributed by atoms with van der Waals surface area (Å²) in [5.74, 6) is 0.774. The molecule has 0 bridgehead atoms. The Labute approximate surface area is 118 Å². The molecular formula is C17H18FNO. The van der Waals surface area contributed by atoms with E-state index in [0.29, 0.717) is 0 Å². The molecule has 1 aliphatic rings. The zero-order chi connectivity index (χ0) is 14.1. The lowest BCUT2D eigenvalue weighted by Gasteiger charge is -2.18. The fraction of sp³-hybridized carbons (Fsp3) is 0.294. The number of anilines is 1. The minimum absolute atomic E-state index is 0.126. The van der Waals surface area contributed by atoms with Crippen molar-refractivity contribution in [2.45, 2.75) is 26.3 Å². The van der Waals surface area contributed by atoms with E-state index in [9.17, 15) is 4.39 Å². The van der Waals surface area contributed by atoms with E-state index in [4.69, 9.17) is 4.74 Å². The molecular weight excluding hydrogens is 253 g/mol. The molecule has 2 nitrogen and oxygen atoms in total. The highest BCUT2D eigenvalue weighted by molar-refractivity contribution is 5.53. The third-order valence-electron chi connectivity index (χ3n) is 3.79. The van der Waals surface area contributed by atoms with Crippen molar-refractivity contribution in [2.75, 3.05) is 11.9 Å². The van der Waals surface area contributed by atoms with Gasteiger partial charge in [0.15, 0.2) is 0 Å². The molecule has 0 spiro atoms. The lowest BCUT2D eigenvalue weighted by Crippen LogP contribution is -2.08. The van der Waals surface area contributed by atoms with Crippen molar-refractivity contribution in [2.24, 2.45) is 0 Å². The van der Waals surface area contributed by atoms with Crippen LogP contribution in [0.25, 0.3) is 0 Å². The third kappa shape index (κ3) is 2.48. The number of fused-ring (bicyclic) bond motifs is 1. The first kappa shape index (κ1) is 13.0. The SMILES string of the molecule is Cc1ccc(F)cc1NC(C)c1ccc2c(c1)CCO2. The van der Waals surface area contributed by atoms with Gasteiger partial charge in [0.05, 0.1) is 6.61 Å². The number of rotatable bonds is 3. The molecule has 20 heavy (non-hydrogen) atoms. The molecule has 0 radical (unpaired) electrons. The summed E-state index contributed by atoms with van der Waals surface area (Å²) in [4.78, 5) is 0. The van der Waals surface area contributed by atoms with Gasteiger partial charge in [-0.1, -0.05) is 12.1 Å². The summed E-state index contributed by atoms with van der Waals surface area (Å²) in [6, 6.07) is 11.2. The summed E-state index contributed by atoms with van der Waals surface area (Å²) >= 11 is 0. The first-order chi connectivity index (χ1) is 9.63. The molecule has 0 aromatic heterocycles. The third-order valence-corrected chi connectivity index (χ3v) is 3.79. The predicted octanol–water partition coefficient (Wildman–Crippen LogP) is 4.24. The number of aryl methyl sites for hydroxylation is 1. The van der Waals surface area contributed by atoms with Gasteiger partial charge in [0.2, 0.25) is 0 Å². The van der Waals surface area contributed by atoms with E-state index in [2.05, 4.69) is 24.4 Å². The molecule has 104 valence electrons. The maximum Gasteiger partial charge on any atom is 0.125 e. The van der Waals surface area contributed by atoms with E-state index in [1.54, 1.807) is 12.1 Å². The smallest absolute Gasteiger partial charge is 0.125 e. The second-order valence-corrected chi connectivity index (χ2v) is 5.29. The molecule has 1 N–H and O–H groups in total. The van der Waals surface area contributed by atoms with Crippen molar-refractivity contribution in [3.8, 4) is 5.75 Å². The zero-order valence-electron chi connectivity index (χ0n) is 11.7. The van der Waals surface area contributed by atoms with Crippen LogP contribution in [0.2, 0.25) is 0 Å². The Kier molecular flexibility index (Phi) is 3.35. The topological polar surface area (TPSA) is 21.3 Å². The number of ether oxygens (including phenoxy) is 1. The van der Waals surface area contributed by atoms with Crippen LogP contribution in [-0.2, 0) is 6.42 Å². The summed E-state index contributed by atoms with van der Waals surface area (Å²) in [6.45, 7) is 4.83. The molecule has 0 aliphatic carbocycles. The molecule has 0 fully saturated rings. The van der Waals surface area contributed by atoms with Crippen LogP contribution < -0.4 is 10.1 Å². The van der Waals surface area contributed by atoms with Gasteiger partial charge in [0.1, 0.15) is 11.6 Å². The van der Waals surface area contributed by atoms with Crippen molar-refractivity contribution in [1.29, 1.82) is 0 Å². The number of benzene rings is 2. The van der Waals surface area contributed by atoms with Gasteiger partial charge in [-0.15, -0.1) is 0 Å². The van der Waals surface area contributed by atoms with Crippen molar-refractivity contribution < 1.29 is 9.13 Å². The number of hydrogen-bond donors (Lipinski definition) is 1. The quantitative estimate of drug-likeness (QED) is 0.901. The molecule has 2 aromatic rings. The molecule has 0 amide bonds. The van der Waals surface area contributed by atoms with E-state index in [0.717, 1.165) is 30.0 Å². The first-order valence-electron chi connectivity index (χ1n) is 6.92. The van der Waals surface area contributed by atoms with Gasteiger partial charge >= 0.3 is 0 Å². The van der Waals surface area contributed by atoms with Crippen molar-refractivity contribution >= 4 is 5.69 Å². The van der Waals surface area contributed by atoms with Crippen LogP contribution in [0.5, 0.6) is 5.75 Å². The lowest BCUT2D eigenvalue weighted by molar-refractivity contribution is 0.357. The highest BCUT2D eigenvalue weighted by Crippen LogP contribution is 2.30. The van der Waals surface area contributed by atoms with Crippen LogP contribution in [0, 0.1) is 12.7 Å². The fourth-order valence-corrected chi connectivity index (χ4v) is 2.54. The van der Waals surface area contributed by atoms with Crippen LogP contribution in [0.3, 0.4) is 0 Å². The Balaban J connectivity index is 1.82. The van der Waals surface area contributed by atoms with Gasteiger partial charge in [-0.2, -0.15) is 0 Å². The Morgan fingerprint density at radius 3 is 2.90 bits per heavy atom. The largest absolute Gasteiger partial charge is 0.493 e. The summed E-state index contributed by atoms with van der Waals surface area (Å²) in [7, 11) is 0. The van der Waals surface area contributed by atoms with Gasteiger partial charge in [0, 0.05) is 18.2 Å². The molecule has 3 rings (SSSR count). The van der Waals surface area contributed by atoms with Crippen LogP contribution in [-0.4, -0.2) is 6.61 Å². The molecule has 0 saturated carbocycles. The Morgan fingerprint density at radius 2 is 2.05 bits per heavy atom. The molecule has 1 heterocycles. The van der Waals surface area contributed by atoms with E-state index in [1.807, 2.05) is 13.0 Å². The van der Waals surface area contributed by atoms with E-state index < -0.39 is 0 Å². The van der Waals surface area contributed by atoms with Crippen LogP contribution >= 0.6 is 0 Å². The average molecular weight is 271 g/mol. The normalized spacial score (nSPS) is 14.6. The van der Waals surface area contributed by atoms with Gasteiger partial charge in [0.25, 0.3) is 0 Å². The van der Waals surface area contributed by atoms with Gasteiger partial charge in [-0.3, -0.25) is 0 Å². The van der Waals surface area contributed by atoms with E-state index >= 15 is 0 Å². The van der Waals surface area contributed by atoms with Crippen molar-refractivity contribution in [3.05, 3.63) is 58.9 Å². The lowest BCUT2D eigenvalue weighted by atomic mass is 10.0. The van der Waals surface area contributed by atoms with Crippen LogP contribution in [0.4, 0.5) is 10.1 Å². The minimum Gasteiger partial charge on any atom is -0.493 e. The second kappa shape index (κ2) is 5.16. The van der Waals surface area contributed by atoms with Crippen LogP contribution in [0.1, 0.15) is 29.7 Å².